The van der Waals surface area contributed by atoms with Gasteiger partial charge in [0.15, 0.2) is 11.5 Å². The van der Waals surface area contributed by atoms with Crippen molar-refractivity contribution in [2.75, 3.05) is 40.4 Å². The number of benzene rings is 1. The smallest absolute Gasteiger partial charge is 0.236 e. The molecule has 0 saturated carbocycles. The molecule has 1 amide bonds. The number of carbonyl (C=O) groups is 1. The van der Waals surface area contributed by atoms with Crippen molar-refractivity contribution >= 4 is 5.91 Å². The van der Waals surface area contributed by atoms with Crippen molar-refractivity contribution in [3.05, 3.63) is 47.3 Å². The summed E-state index contributed by atoms with van der Waals surface area (Å²) >= 11 is 0. The monoisotopic (exact) mass is 453 g/mol. The third-order valence-corrected chi connectivity index (χ3v) is 7.78. The van der Waals surface area contributed by atoms with Crippen LogP contribution in [0.25, 0.3) is 0 Å². The van der Waals surface area contributed by atoms with E-state index in [4.69, 9.17) is 9.47 Å². The van der Waals surface area contributed by atoms with Crippen LogP contribution in [-0.4, -0.2) is 56.2 Å². The Morgan fingerprint density at radius 1 is 1.15 bits per heavy atom. The molecule has 180 valence electrons. The predicted molar refractivity (Wildman–Crippen MR) is 131 cm³/mol. The summed E-state index contributed by atoms with van der Waals surface area (Å²) in [5.74, 6) is 2.41. The van der Waals surface area contributed by atoms with Gasteiger partial charge in [-0.1, -0.05) is 13.3 Å². The number of methoxy groups -OCH3 is 2. The fraction of sp³-hybridized carbons (Fsp3) is 0.593. The van der Waals surface area contributed by atoms with Crippen LogP contribution in [-0.2, 0) is 23.1 Å². The Kier molecular flexibility index (Phi) is 7.63. The molecule has 6 nitrogen and oxygen atoms in total. The summed E-state index contributed by atoms with van der Waals surface area (Å²) in [6.45, 7) is 5.33. The Hall–Kier alpha value is -2.47. The average molecular weight is 454 g/mol. The van der Waals surface area contributed by atoms with Gasteiger partial charge >= 0.3 is 0 Å². The summed E-state index contributed by atoms with van der Waals surface area (Å²) in [5.41, 5.74) is 4.20. The van der Waals surface area contributed by atoms with E-state index < -0.39 is 0 Å². The van der Waals surface area contributed by atoms with Gasteiger partial charge in [0.05, 0.1) is 20.8 Å². The number of hydrogen-bond donors (Lipinski definition) is 2. The van der Waals surface area contributed by atoms with Crippen LogP contribution in [0.4, 0.5) is 0 Å². The highest BCUT2D eigenvalue weighted by Crippen LogP contribution is 2.47. The molecule has 2 N–H and O–H groups in total. The molecule has 2 aromatic rings. The third kappa shape index (κ3) is 4.91. The summed E-state index contributed by atoms with van der Waals surface area (Å²) < 4.78 is 11.2. The first-order chi connectivity index (χ1) is 16.1. The lowest BCUT2D eigenvalue weighted by molar-refractivity contribution is -0.132. The van der Waals surface area contributed by atoms with E-state index in [1.54, 1.807) is 14.2 Å². The van der Waals surface area contributed by atoms with Gasteiger partial charge < -0.3 is 24.7 Å². The second-order valence-corrected chi connectivity index (χ2v) is 9.57. The molecule has 0 bridgehead atoms. The van der Waals surface area contributed by atoms with Crippen molar-refractivity contribution in [2.24, 2.45) is 5.92 Å². The summed E-state index contributed by atoms with van der Waals surface area (Å²) in [7, 11) is 3.42. The van der Waals surface area contributed by atoms with Crippen LogP contribution in [0, 0.1) is 5.92 Å². The van der Waals surface area contributed by atoms with Crippen LogP contribution >= 0.6 is 0 Å². The van der Waals surface area contributed by atoms with Crippen LogP contribution in [0.2, 0.25) is 0 Å². The van der Waals surface area contributed by atoms with Gasteiger partial charge in [-0.2, -0.15) is 0 Å². The maximum absolute atomic E-state index is 12.3. The van der Waals surface area contributed by atoms with Crippen molar-refractivity contribution in [2.45, 2.75) is 57.3 Å². The number of nitrogens with one attached hydrogen (secondary N) is 2. The van der Waals surface area contributed by atoms with Crippen LogP contribution in [0.15, 0.2) is 30.5 Å². The number of piperazine rings is 1. The largest absolute Gasteiger partial charge is 0.493 e. The van der Waals surface area contributed by atoms with Gasteiger partial charge in [0.1, 0.15) is 0 Å². The minimum atomic E-state index is 0.0835. The molecule has 4 rings (SSSR count). The molecule has 2 heterocycles. The molecule has 2 unspecified atom stereocenters. The second kappa shape index (κ2) is 10.6. The van der Waals surface area contributed by atoms with Crippen LogP contribution in [0.5, 0.6) is 11.5 Å². The lowest BCUT2D eigenvalue weighted by Gasteiger charge is -2.44. The zero-order valence-electron chi connectivity index (χ0n) is 20.4. The van der Waals surface area contributed by atoms with Gasteiger partial charge in [-0.3, -0.25) is 4.79 Å². The van der Waals surface area contributed by atoms with Crippen LogP contribution in [0.1, 0.15) is 55.8 Å². The molecule has 1 saturated heterocycles. The van der Waals surface area contributed by atoms with Gasteiger partial charge in [-0.25, -0.2) is 0 Å². The van der Waals surface area contributed by atoms with Crippen molar-refractivity contribution in [1.29, 1.82) is 0 Å². The third-order valence-electron chi connectivity index (χ3n) is 7.78. The fourth-order valence-electron chi connectivity index (χ4n) is 6.13. The van der Waals surface area contributed by atoms with Gasteiger partial charge in [0.25, 0.3) is 0 Å². The van der Waals surface area contributed by atoms with Crippen molar-refractivity contribution in [3.8, 4) is 11.5 Å². The van der Waals surface area contributed by atoms with Crippen molar-refractivity contribution in [1.82, 2.24) is 15.2 Å². The van der Waals surface area contributed by atoms with E-state index in [-0.39, 0.29) is 11.3 Å². The number of rotatable bonds is 10. The number of carbonyl (C=O) groups excluding carboxylic acids is 1. The van der Waals surface area contributed by atoms with Gasteiger partial charge in [-0.15, -0.1) is 0 Å². The van der Waals surface area contributed by atoms with E-state index >= 15 is 0 Å². The molecule has 1 fully saturated rings. The molecule has 1 aliphatic carbocycles. The van der Waals surface area contributed by atoms with Crippen molar-refractivity contribution in [3.63, 3.8) is 0 Å². The fourth-order valence-corrected chi connectivity index (χ4v) is 6.13. The second-order valence-electron chi connectivity index (χ2n) is 9.57. The molecule has 0 radical (unpaired) electrons. The summed E-state index contributed by atoms with van der Waals surface area (Å²) in [5, 5.41) is 3.18. The lowest BCUT2D eigenvalue weighted by Crippen LogP contribution is -2.48. The lowest BCUT2D eigenvalue weighted by atomic mass is 9.61. The van der Waals surface area contributed by atoms with Crippen LogP contribution in [0.3, 0.4) is 0 Å². The standard InChI is InChI=1S/C27H39N3O3/c1-4-10-27(25-7-5-12-29-25,11-6-14-30-15-13-28-19-26(30)31)22-9-8-20-17-23(32-2)24(33-3)18-21(20)16-22/h5,7,12,17-18,22,28-29H,4,6,8-11,13-16,19H2,1-3H3. The highest BCUT2D eigenvalue weighted by molar-refractivity contribution is 5.78. The molecular formula is C27H39N3O3. The van der Waals surface area contributed by atoms with Crippen LogP contribution < -0.4 is 14.8 Å². The average Bonchev–Trinajstić information content (AvgIpc) is 3.39. The molecule has 1 aliphatic heterocycles. The molecular weight excluding hydrogens is 414 g/mol. The predicted octanol–water partition coefficient (Wildman–Crippen LogP) is 4.09. The number of aryl methyl sites for hydroxylation is 1. The number of nitrogens with zero attached hydrogens (tertiary/aromatic N) is 1. The molecule has 6 heteroatoms. The van der Waals surface area contributed by atoms with E-state index in [9.17, 15) is 4.79 Å². The minimum absolute atomic E-state index is 0.0835. The summed E-state index contributed by atoms with van der Waals surface area (Å²) in [6.07, 6.45) is 9.73. The first-order valence-electron chi connectivity index (χ1n) is 12.5. The minimum Gasteiger partial charge on any atom is -0.493 e. The molecule has 33 heavy (non-hydrogen) atoms. The molecule has 1 aromatic heterocycles. The van der Waals surface area contributed by atoms with E-state index in [0.717, 1.165) is 76.1 Å². The Morgan fingerprint density at radius 2 is 1.94 bits per heavy atom. The quantitative estimate of drug-likeness (QED) is 0.569. The maximum Gasteiger partial charge on any atom is 0.236 e. The van der Waals surface area contributed by atoms with Gasteiger partial charge in [0, 0.05) is 36.9 Å². The molecule has 0 spiro atoms. The maximum atomic E-state index is 12.3. The number of aromatic nitrogens is 1. The number of aromatic amines is 1. The first-order valence-corrected chi connectivity index (χ1v) is 12.5. The van der Waals surface area contributed by atoms with E-state index in [1.807, 2.05) is 4.90 Å². The molecule has 2 aliphatic rings. The Bertz CT molecular complexity index is 927. The molecule has 2 atom stereocenters. The number of ether oxygens (including phenoxy) is 2. The number of hydrogen-bond acceptors (Lipinski definition) is 4. The zero-order chi connectivity index (χ0) is 23.3. The van der Waals surface area contributed by atoms with Crippen molar-refractivity contribution < 1.29 is 14.3 Å². The number of H-pyrrole nitrogens is 1. The zero-order valence-corrected chi connectivity index (χ0v) is 20.4. The highest BCUT2D eigenvalue weighted by atomic mass is 16.5. The SMILES string of the molecule is CCCC(CCCN1CCNCC1=O)(c1ccc[nH]1)C1CCc2cc(OC)c(OC)cc2C1. The highest BCUT2D eigenvalue weighted by Gasteiger charge is 2.41. The van der Waals surface area contributed by atoms with E-state index in [2.05, 4.69) is 47.7 Å². The number of amides is 1. The Labute approximate surface area is 198 Å². The van der Waals surface area contributed by atoms with Gasteiger partial charge in [0.2, 0.25) is 5.91 Å². The summed E-state index contributed by atoms with van der Waals surface area (Å²) in [4.78, 5) is 17.9. The normalized spacial score (nSPS) is 20.3. The Morgan fingerprint density at radius 3 is 2.61 bits per heavy atom. The molecule has 1 aromatic carbocycles. The topological polar surface area (TPSA) is 66.6 Å². The Balaban J connectivity index is 1.59. The number of fused-ring (bicyclic) bond motifs is 1. The summed E-state index contributed by atoms with van der Waals surface area (Å²) in [6, 6.07) is 8.75. The van der Waals surface area contributed by atoms with E-state index in [0.29, 0.717) is 12.5 Å². The first kappa shape index (κ1) is 23.7. The van der Waals surface area contributed by atoms with E-state index in [1.165, 1.54) is 16.8 Å². The van der Waals surface area contributed by atoms with Gasteiger partial charge in [-0.05, 0) is 79.8 Å².